The van der Waals surface area contributed by atoms with Crippen LogP contribution < -0.4 is 15.4 Å². The van der Waals surface area contributed by atoms with Gasteiger partial charge < -0.3 is 15.4 Å². The Morgan fingerprint density at radius 3 is 2.35 bits per heavy atom. The van der Waals surface area contributed by atoms with Crippen LogP contribution in [0.2, 0.25) is 0 Å². The van der Waals surface area contributed by atoms with E-state index in [9.17, 15) is 0 Å². The largest absolute Gasteiger partial charge is 0.461 e. The van der Waals surface area contributed by atoms with Gasteiger partial charge in [-0.25, -0.2) is 0 Å². The molecule has 1 fully saturated rings. The number of anilines is 2. The third-order valence-electron chi connectivity index (χ3n) is 3.66. The molecule has 1 aliphatic rings. The maximum Gasteiger partial charge on any atom is 0.323 e. The first-order valence-electron chi connectivity index (χ1n) is 7.51. The van der Waals surface area contributed by atoms with E-state index in [4.69, 9.17) is 4.74 Å². The van der Waals surface area contributed by atoms with Gasteiger partial charge in [-0.15, -0.1) is 0 Å². The van der Waals surface area contributed by atoms with E-state index in [0.29, 0.717) is 17.9 Å². The van der Waals surface area contributed by atoms with Crippen molar-refractivity contribution in [1.29, 1.82) is 0 Å². The first kappa shape index (κ1) is 14.8. The topological polar surface area (TPSA) is 72.0 Å². The van der Waals surface area contributed by atoms with Crippen molar-refractivity contribution in [2.24, 2.45) is 0 Å². The van der Waals surface area contributed by atoms with E-state index in [2.05, 4.69) is 32.5 Å². The van der Waals surface area contributed by atoms with Crippen molar-refractivity contribution in [1.82, 2.24) is 15.0 Å². The van der Waals surface area contributed by atoms with Crippen molar-refractivity contribution in [3.63, 3.8) is 0 Å². The predicted octanol–water partition coefficient (Wildman–Crippen LogP) is 2.84. The van der Waals surface area contributed by atoms with Crippen LogP contribution in [0.1, 0.15) is 53.4 Å². The van der Waals surface area contributed by atoms with E-state index in [0.717, 1.165) is 13.0 Å². The van der Waals surface area contributed by atoms with Crippen LogP contribution in [0.3, 0.4) is 0 Å². The average molecular weight is 279 g/mol. The fourth-order valence-electron chi connectivity index (χ4n) is 2.32. The van der Waals surface area contributed by atoms with Crippen LogP contribution in [0.4, 0.5) is 11.9 Å². The molecule has 0 saturated heterocycles. The highest BCUT2D eigenvalue weighted by atomic mass is 16.5. The number of nitrogens with one attached hydrogen (secondary N) is 2. The lowest BCUT2D eigenvalue weighted by Crippen LogP contribution is -2.44. The number of hydrogen-bond acceptors (Lipinski definition) is 6. The molecule has 1 aromatic rings. The lowest BCUT2D eigenvalue weighted by molar-refractivity contribution is 0.221. The SMILES string of the molecule is CCNc1nc(NC2(CC)CCC2)nc(OC(C)C)n1. The number of ether oxygens (including phenoxy) is 1. The van der Waals surface area contributed by atoms with Gasteiger partial charge in [0.1, 0.15) is 0 Å². The Bertz CT molecular complexity index is 440. The molecular formula is C14H25N5O. The van der Waals surface area contributed by atoms with Gasteiger partial charge in [-0.05, 0) is 46.5 Å². The van der Waals surface area contributed by atoms with Crippen LogP contribution >= 0.6 is 0 Å². The van der Waals surface area contributed by atoms with Crippen LogP contribution in [0.15, 0.2) is 0 Å². The highest BCUT2D eigenvalue weighted by Crippen LogP contribution is 2.37. The molecule has 1 heterocycles. The van der Waals surface area contributed by atoms with Crippen LogP contribution in [0, 0.1) is 0 Å². The average Bonchev–Trinajstić information content (AvgIpc) is 2.33. The van der Waals surface area contributed by atoms with E-state index in [-0.39, 0.29) is 11.6 Å². The number of aromatic nitrogens is 3. The molecule has 0 unspecified atom stereocenters. The normalized spacial score (nSPS) is 16.6. The first-order chi connectivity index (χ1) is 9.57. The second-order valence-electron chi connectivity index (χ2n) is 5.57. The molecule has 0 amide bonds. The monoisotopic (exact) mass is 279 g/mol. The van der Waals surface area contributed by atoms with E-state index >= 15 is 0 Å². The third kappa shape index (κ3) is 3.49. The van der Waals surface area contributed by atoms with Crippen molar-refractivity contribution in [2.45, 2.75) is 65.0 Å². The van der Waals surface area contributed by atoms with Gasteiger partial charge in [-0.2, -0.15) is 15.0 Å². The van der Waals surface area contributed by atoms with Crippen LogP contribution in [-0.2, 0) is 0 Å². The maximum absolute atomic E-state index is 5.60. The molecule has 2 rings (SSSR count). The van der Waals surface area contributed by atoms with Gasteiger partial charge in [0.05, 0.1) is 6.10 Å². The summed E-state index contributed by atoms with van der Waals surface area (Å²) in [7, 11) is 0. The lowest BCUT2D eigenvalue weighted by atomic mass is 9.75. The molecule has 20 heavy (non-hydrogen) atoms. The summed E-state index contributed by atoms with van der Waals surface area (Å²) in [5.41, 5.74) is 0.153. The summed E-state index contributed by atoms with van der Waals surface area (Å²) in [5.74, 6) is 1.17. The highest BCUT2D eigenvalue weighted by molar-refractivity contribution is 5.38. The van der Waals surface area contributed by atoms with Gasteiger partial charge in [-0.1, -0.05) is 6.92 Å². The second-order valence-corrected chi connectivity index (χ2v) is 5.57. The fourth-order valence-corrected chi connectivity index (χ4v) is 2.32. The molecule has 0 atom stereocenters. The van der Waals surface area contributed by atoms with Crippen LogP contribution in [-0.4, -0.2) is 33.1 Å². The molecule has 1 aromatic heterocycles. The Morgan fingerprint density at radius 2 is 1.85 bits per heavy atom. The van der Waals surface area contributed by atoms with Gasteiger partial charge >= 0.3 is 6.01 Å². The van der Waals surface area contributed by atoms with Gasteiger partial charge in [-0.3, -0.25) is 0 Å². The van der Waals surface area contributed by atoms with E-state index in [1.807, 2.05) is 20.8 Å². The lowest BCUT2D eigenvalue weighted by Gasteiger charge is -2.41. The smallest absolute Gasteiger partial charge is 0.323 e. The molecule has 0 aromatic carbocycles. The first-order valence-corrected chi connectivity index (χ1v) is 7.51. The minimum absolute atomic E-state index is 0.0450. The molecule has 2 N–H and O–H groups in total. The van der Waals surface area contributed by atoms with Crippen molar-refractivity contribution in [2.75, 3.05) is 17.2 Å². The zero-order valence-electron chi connectivity index (χ0n) is 12.9. The van der Waals surface area contributed by atoms with Crippen LogP contribution in [0.5, 0.6) is 6.01 Å². The Balaban J connectivity index is 2.19. The minimum Gasteiger partial charge on any atom is -0.461 e. The second kappa shape index (κ2) is 6.24. The summed E-state index contributed by atoms with van der Waals surface area (Å²) in [6, 6.07) is 0.374. The molecule has 0 radical (unpaired) electrons. The van der Waals surface area contributed by atoms with Gasteiger partial charge in [0, 0.05) is 12.1 Å². The Hall–Kier alpha value is -1.59. The number of rotatable bonds is 7. The molecule has 1 saturated carbocycles. The number of nitrogens with zero attached hydrogens (tertiary/aromatic N) is 3. The maximum atomic E-state index is 5.60. The van der Waals surface area contributed by atoms with Crippen LogP contribution in [0.25, 0.3) is 0 Å². The predicted molar refractivity (Wildman–Crippen MR) is 80.3 cm³/mol. The van der Waals surface area contributed by atoms with Gasteiger partial charge in [0.15, 0.2) is 0 Å². The highest BCUT2D eigenvalue weighted by Gasteiger charge is 2.35. The summed E-state index contributed by atoms with van der Waals surface area (Å²) >= 11 is 0. The van der Waals surface area contributed by atoms with Crippen molar-refractivity contribution >= 4 is 11.9 Å². The van der Waals surface area contributed by atoms with E-state index in [1.54, 1.807) is 0 Å². The molecule has 0 spiro atoms. The van der Waals surface area contributed by atoms with E-state index in [1.165, 1.54) is 19.3 Å². The zero-order chi connectivity index (χ0) is 14.6. The molecule has 0 bridgehead atoms. The molecular weight excluding hydrogens is 254 g/mol. The number of hydrogen-bond donors (Lipinski definition) is 2. The minimum atomic E-state index is 0.0450. The summed E-state index contributed by atoms with van der Waals surface area (Å²) in [6.07, 6.45) is 4.73. The summed E-state index contributed by atoms with van der Waals surface area (Å²) in [6.45, 7) is 8.90. The third-order valence-corrected chi connectivity index (χ3v) is 3.66. The van der Waals surface area contributed by atoms with Crippen molar-refractivity contribution in [3.8, 4) is 6.01 Å². The summed E-state index contributed by atoms with van der Waals surface area (Å²) in [4.78, 5) is 13.1. The quantitative estimate of drug-likeness (QED) is 0.799. The molecule has 0 aliphatic heterocycles. The fraction of sp³-hybridized carbons (Fsp3) is 0.786. The van der Waals surface area contributed by atoms with Gasteiger partial charge in [0.25, 0.3) is 0 Å². The molecule has 112 valence electrons. The Morgan fingerprint density at radius 1 is 1.15 bits per heavy atom. The van der Waals surface area contributed by atoms with E-state index < -0.39 is 0 Å². The van der Waals surface area contributed by atoms with Crippen molar-refractivity contribution < 1.29 is 4.74 Å². The summed E-state index contributed by atoms with van der Waals surface area (Å²) < 4.78 is 5.60. The Labute approximate surface area is 120 Å². The van der Waals surface area contributed by atoms with Gasteiger partial charge in [0.2, 0.25) is 11.9 Å². The Kier molecular flexibility index (Phi) is 4.62. The standard InChI is InChI=1S/C14H25N5O/c1-5-14(8-7-9-14)19-12-16-11(15-6-2)17-13(18-12)20-10(3)4/h10H,5-9H2,1-4H3,(H2,15,16,17,18,19). The summed E-state index contributed by atoms with van der Waals surface area (Å²) in [5, 5.41) is 6.59. The molecule has 6 nitrogen and oxygen atoms in total. The van der Waals surface area contributed by atoms with Crippen molar-refractivity contribution in [3.05, 3.63) is 0 Å². The molecule has 1 aliphatic carbocycles. The zero-order valence-corrected chi connectivity index (χ0v) is 12.9. The molecule has 6 heteroatoms.